The van der Waals surface area contributed by atoms with Crippen molar-refractivity contribution >= 4 is 9.84 Å². The molecule has 2 N–H and O–H groups in total. The molecule has 0 aliphatic rings. The van der Waals surface area contributed by atoms with E-state index in [1.54, 1.807) is 0 Å². The van der Waals surface area contributed by atoms with Crippen LogP contribution in [0.4, 0.5) is 0 Å². The zero-order valence-corrected chi connectivity index (χ0v) is 10.9. The summed E-state index contributed by atoms with van der Waals surface area (Å²) in [6.07, 6.45) is 0.496. The Kier molecular flexibility index (Phi) is 5.44. The van der Waals surface area contributed by atoms with Crippen LogP contribution in [0.3, 0.4) is 0 Å². The van der Waals surface area contributed by atoms with E-state index in [0.29, 0.717) is 13.0 Å². The number of sulfone groups is 1. The smallest absolute Gasteiger partial charge is 0.151 e. The van der Waals surface area contributed by atoms with Gasteiger partial charge >= 0.3 is 0 Å². The number of aryl methyl sites for hydroxylation is 1. The normalized spacial score (nSPS) is 11.4. The predicted octanol–water partition coefficient (Wildman–Crippen LogP) is 1.14. The van der Waals surface area contributed by atoms with Gasteiger partial charge < -0.3 is 10.5 Å². The summed E-state index contributed by atoms with van der Waals surface area (Å²) >= 11 is 0. The fourth-order valence-electron chi connectivity index (χ4n) is 1.38. The van der Waals surface area contributed by atoms with Gasteiger partial charge in [0.15, 0.2) is 9.84 Å². The van der Waals surface area contributed by atoms with Crippen molar-refractivity contribution in [1.82, 2.24) is 0 Å². The van der Waals surface area contributed by atoms with Crippen molar-refractivity contribution in [3.8, 4) is 5.75 Å². The van der Waals surface area contributed by atoms with Gasteiger partial charge in [0.2, 0.25) is 0 Å². The second kappa shape index (κ2) is 6.61. The van der Waals surface area contributed by atoms with Crippen LogP contribution in [0.15, 0.2) is 24.3 Å². The summed E-state index contributed by atoms with van der Waals surface area (Å²) in [6.45, 7) is 2.59. The second-order valence-corrected chi connectivity index (χ2v) is 6.26. The SMILES string of the molecule is Cc1ccc(OCCCS(=O)(=O)CCN)cc1. The molecule has 1 rings (SSSR count). The van der Waals surface area contributed by atoms with E-state index in [2.05, 4.69) is 0 Å². The lowest BCUT2D eigenvalue weighted by Crippen LogP contribution is -2.19. The van der Waals surface area contributed by atoms with Gasteiger partial charge in [-0.2, -0.15) is 0 Å². The lowest BCUT2D eigenvalue weighted by molar-refractivity contribution is 0.317. The minimum Gasteiger partial charge on any atom is -0.494 e. The van der Waals surface area contributed by atoms with Crippen LogP contribution in [0.5, 0.6) is 5.75 Å². The summed E-state index contributed by atoms with van der Waals surface area (Å²) in [4.78, 5) is 0. The summed E-state index contributed by atoms with van der Waals surface area (Å²) < 4.78 is 28.1. The van der Waals surface area contributed by atoms with Crippen molar-refractivity contribution in [2.45, 2.75) is 13.3 Å². The molecule has 0 fully saturated rings. The highest BCUT2D eigenvalue weighted by Gasteiger charge is 2.08. The summed E-state index contributed by atoms with van der Waals surface area (Å²) in [6, 6.07) is 7.68. The first-order valence-corrected chi connectivity index (χ1v) is 7.45. The van der Waals surface area contributed by atoms with Crippen LogP contribution < -0.4 is 10.5 Å². The molecule has 0 saturated carbocycles. The van der Waals surface area contributed by atoms with Gasteiger partial charge in [-0.05, 0) is 25.5 Å². The van der Waals surface area contributed by atoms with Gasteiger partial charge in [0.1, 0.15) is 5.75 Å². The minimum atomic E-state index is -3.00. The van der Waals surface area contributed by atoms with Gasteiger partial charge in [0, 0.05) is 6.54 Å². The summed E-state index contributed by atoms with van der Waals surface area (Å²) in [5.41, 5.74) is 6.38. The van der Waals surface area contributed by atoms with E-state index in [1.165, 1.54) is 5.56 Å². The zero-order valence-electron chi connectivity index (χ0n) is 10.1. The first-order valence-electron chi connectivity index (χ1n) is 5.63. The van der Waals surface area contributed by atoms with Crippen LogP contribution in [0.1, 0.15) is 12.0 Å². The Morgan fingerprint density at radius 1 is 1.18 bits per heavy atom. The summed E-state index contributed by atoms with van der Waals surface area (Å²) in [5, 5.41) is 0. The summed E-state index contributed by atoms with van der Waals surface area (Å²) in [5.74, 6) is 0.958. The van der Waals surface area contributed by atoms with E-state index in [9.17, 15) is 8.42 Å². The molecule has 0 aliphatic heterocycles. The van der Waals surface area contributed by atoms with Gasteiger partial charge in [-0.15, -0.1) is 0 Å². The predicted molar refractivity (Wildman–Crippen MR) is 69.0 cm³/mol. The van der Waals surface area contributed by atoms with Gasteiger partial charge in [0.25, 0.3) is 0 Å². The van der Waals surface area contributed by atoms with E-state index < -0.39 is 9.84 Å². The van der Waals surface area contributed by atoms with Gasteiger partial charge in [-0.1, -0.05) is 17.7 Å². The van der Waals surface area contributed by atoms with Crippen molar-refractivity contribution in [2.75, 3.05) is 24.7 Å². The first-order chi connectivity index (χ1) is 8.03. The number of ether oxygens (including phenoxy) is 1. The molecule has 0 amide bonds. The monoisotopic (exact) mass is 257 g/mol. The van der Waals surface area contributed by atoms with Crippen LogP contribution in [0.2, 0.25) is 0 Å². The molecule has 0 saturated heterocycles. The minimum absolute atomic E-state index is 0.0531. The van der Waals surface area contributed by atoms with Crippen molar-refractivity contribution in [3.05, 3.63) is 29.8 Å². The van der Waals surface area contributed by atoms with Crippen molar-refractivity contribution in [1.29, 1.82) is 0 Å². The molecule has 0 spiro atoms. The second-order valence-electron chi connectivity index (χ2n) is 3.96. The molecular formula is C12H19NO3S. The highest BCUT2D eigenvalue weighted by atomic mass is 32.2. The first kappa shape index (κ1) is 14.0. The molecule has 1 aromatic carbocycles. The van der Waals surface area contributed by atoms with Crippen LogP contribution in [-0.2, 0) is 9.84 Å². The molecule has 0 aliphatic carbocycles. The van der Waals surface area contributed by atoms with Crippen LogP contribution in [-0.4, -0.2) is 33.1 Å². The van der Waals surface area contributed by atoms with Gasteiger partial charge in [-0.3, -0.25) is 0 Å². The maximum atomic E-state index is 11.4. The lowest BCUT2D eigenvalue weighted by atomic mass is 10.2. The largest absolute Gasteiger partial charge is 0.494 e. The molecule has 0 aromatic heterocycles. The highest BCUT2D eigenvalue weighted by molar-refractivity contribution is 7.91. The quantitative estimate of drug-likeness (QED) is 0.744. The molecular weight excluding hydrogens is 238 g/mol. The molecule has 4 nitrogen and oxygen atoms in total. The number of hydrogen-bond acceptors (Lipinski definition) is 4. The maximum Gasteiger partial charge on any atom is 0.151 e. The van der Waals surface area contributed by atoms with E-state index in [0.717, 1.165) is 5.75 Å². The lowest BCUT2D eigenvalue weighted by Gasteiger charge is -2.06. The fourth-order valence-corrected chi connectivity index (χ4v) is 2.51. The molecule has 5 heteroatoms. The van der Waals surface area contributed by atoms with Crippen LogP contribution in [0.25, 0.3) is 0 Å². The highest BCUT2D eigenvalue weighted by Crippen LogP contribution is 2.11. The number of benzene rings is 1. The molecule has 0 bridgehead atoms. The van der Waals surface area contributed by atoms with E-state index in [-0.39, 0.29) is 18.1 Å². The topological polar surface area (TPSA) is 69.4 Å². The van der Waals surface area contributed by atoms with E-state index >= 15 is 0 Å². The van der Waals surface area contributed by atoms with Gasteiger partial charge in [-0.25, -0.2) is 8.42 Å². The van der Waals surface area contributed by atoms with Crippen LogP contribution in [0, 0.1) is 6.92 Å². The molecule has 0 heterocycles. The molecule has 17 heavy (non-hydrogen) atoms. The fraction of sp³-hybridized carbons (Fsp3) is 0.500. The van der Waals surface area contributed by atoms with Crippen molar-refractivity contribution in [3.63, 3.8) is 0 Å². The molecule has 0 radical (unpaired) electrons. The summed E-state index contributed by atoms with van der Waals surface area (Å²) in [7, 11) is -3.00. The third-order valence-electron chi connectivity index (χ3n) is 2.32. The third kappa shape index (κ3) is 5.70. The Morgan fingerprint density at radius 2 is 1.82 bits per heavy atom. The average molecular weight is 257 g/mol. The standard InChI is InChI=1S/C12H19NO3S/c1-11-3-5-12(6-4-11)16-8-2-9-17(14,15)10-7-13/h3-6H,2,7-10,13H2,1H3. The number of rotatable bonds is 7. The number of hydrogen-bond donors (Lipinski definition) is 1. The van der Waals surface area contributed by atoms with Crippen molar-refractivity contribution < 1.29 is 13.2 Å². The third-order valence-corrected chi connectivity index (χ3v) is 4.09. The average Bonchev–Trinajstić information content (AvgIpc) is 2.27. The Balaban J connectivity index is 2.27. The Morgan fingerprint density at radius 3 is 2.41 bits per heavy atom. The Labute approximate surface area is 103 Å². The van der Waals surface area contributed by atoms with E-state index in [4.69, 9.17) is 10.5 Å². The van der Waals surface area contributed by atoms with Crippen LogP contribution >= 0.6 is 0 Å². The molecule has 96 valence electrons. The van der Waals surface area contributed by atoms with Gasteiger partial charge in [0.05, 0.1) is 18.1 Å². The number of nitrogens with two attached hydrogens (primary N) is 1. The Hall–Kier alpha value is -1.07. The Bertz CT molecular complexity index is 426. The molecule has 0 unspecified atom stereocenters. The molecule has 0 atom stereocenters. The molecule has 1 aromatic rings. The van der Waals surface area contributed by atoms with E-state index in [1.807, 2.05) is 31.2 Å². The van der Waals surface area contributed by atoms with Crippen molar-refractivity contribution in [2.24, 2.45) is 5.73 Å². The zero-order chi connectivity index (χ0) is 12.7. The maximum absolute atomic E-state index is 11.4.